The van der Waals surface area contributed by atoms with Crippen LogP contribution in [0.15, 0.2) is 42.5 Å². The van der Waals surface area contributed by atoms with E-state index < -0.39 is 0 Å². The molecule has 2 aromatic rings. The number of hydrogen-bond donors (Lipinski definition) is 0. The molecular weight excluding hydrogens is 248 g/mol. The van der Waals surface area contributed by atoms with Gasteiger partial charge >= 0.3 is 0 Å². The van der Waals surface area contributed by atoms with Gasteiger partial charge in [0.15, 0.2) is 5.78 Å². The number of rotatable bonds is 3. The number of ether oxygens (including phenoxy) is 1. The highest BCUT2D eigenvalue weighted by Crippen LogP contribution is 2.25. The van der Waals surface area contributed by atoms with Gasteiger partial charge in [-0.05, 0) is 31.2 Å². The van der Waals surface area contributed by atoms with E-state index in [2.05, 4.69) is 0 Å². The van der Waals surface area contributed by atoms with Crippen LogP contribution in [0.25, 0.3) is 0 Å². The topological polar surface area (TPSA) is 26.3 Å². The maximum absolute atomic E-state index is 12.4. The standard InChI is InChI=1S/C15H13ClO2/c1-10-4-3-5-11(8-10)15(17)13-7-6-12(16)9-14(13)18-2/h3-9H,1-2H3. The van der Waals surface area contributed by atoms with Gasteiger partial charge in [0.1, 0.15) is 5.75 Å². The number of carbonyl (C=O) groups excluding carboxylic acids is 1. The van der Waals surface area contributed by atoms with Crippen LogP contribution in [-0.4, -0.2) is 12.9 Å². The number of hydrogen-bond acceptors (Lipinski definition) is 2. The van der Waals surface area contributed by atoms with E-state index in [0.717, 1.165) is 5.56 Å². The first kappa shape index (κ1) is 12.7. The first-order chi connectivity index (χ1) is 8.61. The quantitative estimate of drug-likeness (QED) is 0.783. The summed E-state index contributed by atoms with van der Waals surface area (Å²) in [7, 11) is 1.53. The van der Waals surface area contributed by atoms with Gasteiger partial charge in [-0.1, -0.05) is 35.4 Å². The molecule has 2 rings (SSSR count). The molecule has 0 aliphatic carbocycles. The summed E-state index contributed by atoms with van der Waals surface area (Å²) in [5.41, 5.74) is 2.22. The highest BCUT2D eigenvalue weighted by atomic mass is 35.5. The SMILES string of the molecule is COc1cc(Cl)ccc1C(=O)c1cccc(C)c1. The predicted molar refractivity (Wildman–Crippen MR) is 72.6 cm³/mol. The van der Waals surface area contributed by atoms with Crippen molar-refractivity contribution in [2.45, 2.75) is 6.92 Å². The molecule has 0 saturated heterocycles. The molecule has 3 heteroatoms. The molecule has 0 atom stereocenters. The van der Waals surface area contributed by atoms with Crippen LogP contribution in [0.1, 0.15) is 21.5 Å². The lowest BCUT2D eigenvalue weighted by Gasteiger charge is -2.08. The zero-order valence-corrected chi connectivity index (χ0v) is 11.0. The second kappa shape index (κ2) is 5.23. The van der Waals surface area contributed by atoms with Crippen LogP contribution < -0.4 is 4.74 Å². The lowest BCUT2D eigenvalue weighted by molar-refractivity contribution is 0.103. The van der Waals surface area contributed by atoms with Crippen molar-refractivity contribution in [3.05, 3.63) is 64.2 Å². The average molecular weight is 261 g/mol. The summed E-state index contributed by atoms with van der Waals surface area (Å²) in [6.45, 7) is 1.95. The summed E-state index contributed by atoms with van der Waals surface area (Å²) in [6, 6.07) is 12.5. The summed E-state index contributed by atoms with van der Waals surface area (Å²) in [5.74, 6) is 0.432. The molecule has 0 bridgehead atoms. The van der Waals surface area contributed by atoms with Crippen LogP contribution in [0.3, 0.4) is 0 Å². The molecule has 0 radical (unpaired) electrons. The van der Waals surface area contributed by atoms with Gasteiger partial charge in [-0.15, -0.1) is 0 Å². The van der Waals surface area contributed by atoms with Gasteiger partial charge in [-0.3, -0.25) is 4.79 Å². The Balaban J connectivity index is 2.46. The van der Waals surface area contributed by atoms with Gasteiger partial charge in [0.25, 0.3) is 0 Å². The zero-order chi connectivity index (χ0) is 13.1. The fourth-order valence-electron chi connectivity index (χ4n) is 1.79. The number of halogens is 1. The molecule has 0 aliphatic heterocycles. The molecule has 92 valence electrons. The minimum atomic E-state index is -0.0628. The number of methoxy groups -OCH3 is 1. The second-order valence-electron chi connectivity index (χ2n) is 4.04. The number of ketones is 1. The van der Waals surface area contributed by atoms with Gasteiger partial charge in [0, 0.05) is 10.6 Å². The molecule has 0 N–H and O–H groups in total. The Morgan fingerprint density at radius 2 is 1.94 bits per heavy atom. The first-order valence-electron chi connectivity index (χ1n) is 5.56. The molecule has 0 aliphatic rings. The van der Waals surface area contributed by atoms with Crippen molar-refractivity contribution in [3.63, 3.8) is 0 Å². The predicted octanol–water partition coefficient (Wildman–Crippen LogP) is 3.89. The largest absolute Gasteiger partial charge is 0.496 e. The van der Waals surface area contributed by atoms with Gasteiger partial charge in [0.05, 0.1) is 12.7 Å². The zero-order valence-electron chi connectivity index (χ0n) is 10.2. The second-order valence-corrected chi connectivity index (χ2v) is 4.48. The third-order valence-corrected chi connectivity index (χ3v) is 2.92. The summed E-state index contributed by atoms with van der Waals surface area (Å²) >= 11 is 5.88. The van der Waals surface area contributed by atoms with E-state index in [-0.39, 0.29) is 5.78 Å². The van der Waals surface area contributed by atoms with Crippen molar-refractivity contribution in [1.29, 1.82) is 0 Å². The van der Waals surface area contributed by atoms with Crippen LogP contribution in [-0.2, 0) is 0 Å². The van der Waals surface area contributed by atoms with E-state index in [1.807, 2.05) is 25.1 Å². The Morgan fingerprint density at radius 3 is 2.61 bits per heavy atom. The summed E-state index contributed by atoms with van der Waals surface area (Å²) in [6.07, 6.45) is 0. The van der Waals surface area contributed by atoms with E-state index in [4.69, 9.17) is 16.3 Å². The van der Waals surface area contributed by atoms with Crippen molar-refractivity contribution in [2.75, 3.05) is 7.11 Å². The molecule has 0 heterocycles. The first-order valence-corrected chi connectivity index (χ1v) is 5.94. The smallest absolute Gasteiger partial charge is 0.196 e. The fourth-order valence-corrected chi connectivity index (χ4v) is 1.96. The Bertz CT molecular complexity index is 591. The summed E-state index contributed by atoms with van der Waals surface area (Å²) < 4.78 is 5.19. The highest BCUT2D eigenvalue weighted by molar-refractivity contribution is 6.31. The van der Waals surface area contributed by atoms with E-state index in [1.165, 1.54) is 7.11 Å². The Hall–Kier alpha value is -1.80. The number of benzene rings is 2. The molecule has 0 unspecified atom stereocenters. The van der Waals surface area contributed by atoms with Crippen molar-refractivity contribution in [3.8, 4) is 5.75 Å². The number of aryl methyl sites for hydroxylation is 1. The van der Waals surface area contributed by atoms with E-state index >= 15 is 0 Å². The molecule has 0 amide bonds. The van der Waals surface area contributed by atoms with Crippen molar-refractivity contribution >= 4 is 17.4 Å². The van der Waals surface area contributed by atoms with Crippen molar-refractivity contribution < 1.29 is 9.53 Å². The lowest BCUT2D eigenvalue weighted by Crippen LogP contribution is -2.04. The fraction of sp³-hybridized carbons (Fsp3) is 0.133. The lowest BCUT2D eigenvalue weighted by atomic mass is 10.0. The molecule has 0 saturated carbocycles. The van der Waals surface area contributed by atoms with Crippen molar-refractivity contribution in [1.82, 2.24) is 0 Å². The van der Waals surface area contributed by atoms with Crippen molar-refractivity contribution in [2.24, 2.45) is 0 Å². The molecule has 0 fully saturated rings. The maximum atomic E-state index is 12.4. The third kappa shape index (κ3) is 2.54. The van der Waals surface area contributed by atoms with Gasteiger partial charge in [0.2, 0.25) is 0 Å². The maximum Gasteiger partial charge on any atom is 0.196 e. The Labute approximate surface area is 111 Å². The van der Waals surface area contributed by atoms with Crippen LogP contribution in [0.5, 0.6) is 5.75 Å². The van der Waals surface area contributed by atoms with Crippen LogP contribution in [0.4, 0.5) is 0 Å². The van der Waals surface area contributed by atoms with Gasteiger partial charge < -0.3 is 4.74 Å². The average Bonchev–Trinajstić information content (AvgIpc) is 2.37. The molecule has 0 spiro atoms. The van der Waals surface area contributed by atoms with Gasteiger partial charge in [-0.25, -0.2) is 0 Å². The van der Waals surface area contributed by atoms with E-state index in [0.29, 0.717) is 21.9 Å². The molecule has 18 heavy (non-hydrogen) atoms. The Morgan fingerprint density at radius 1 is 1.17 bits per heavy atom. The third-order valence-electron chi connectivity index (χ3n) is 2.69. The highest BCUT2D eigenvalue weighted by Gasteiger charge is 2.14. The van der Waals surface area contributed by atoms with E-state index in [9.17, 15) is 4.79 Å². The number of carbonyl (C=O) groups is 1. The van der Waals surface area contributed by atoms with Crippen LogP contribution in [0.2, 0.25) is 5.02 Å². The Kier molecular flexibility index (Phi) is 3.68. The molecule has 2 nitrogen and oxygen atoms in total. The minimum Gasteiger partial charge on any atom is -0.496 e. The molecular formula is C15H13ClO2. The normalized spacial score (nSPS) is 10.2. The minimum absolute atomic E-state index is 0.0628. The van der Waals surface area contributed by atoms with E-state index in [1.54, 1.807) is 24.3 Å². The van der Waals surface area contributed by atoms with Crippen LogP contribution >= 0.6 is 11.6 Å². The monoisotopic (exact) mass is 260 g/mol. The molecule has 2 aromatic carbocycles. The van der Waals surface area contributed by atoms with Crippen LogP contribution in [0, 0.1) is 6.92 Å². The van der Waals surface area contributed by atoms with Gasteiger partial charge in [-0.2, -0.15) is 0 Å². The molecule has 0 aromatic heterocycles. The summed E-state index contributed by atoms with van der Waals surface area (Å²) in [4.78, 5) is 12.4. The summed E-state index contributed by atoms with van der Waals surface area (Å²) in [5, 5.41) is 0.549.